The van der Waals surface area contributed by atoms with Crippen LogP contribution in [0.2, 0.25) is 0 Å². The van der Waals surface area contributed by atoms with Crippen molar-refractivity contribution in [3.63, 3.8) is 0 Å². The lowest BCUT2D eigenvalue weighted by atomic mass is 10.0. The zero-order valence-electron chi connectivity index (χ0n) is 18.6. The molecule has 4 aromatic rings. The Labute approximate surface area is 185 Å². The second-order valence-electron chi connectivity index (χ2n) is 7.88. The van der Waals surface area contributed by atoms with E-state index in [1.165, 1.54) is 14.2 Å². The first-order chi connectivity index (χ1) is 15.4. The predicted octanol–water partition coefficient (Wildman–Crippen LogP) is 3.89. The summed E-state index contributed by atoms with van der Waals surface area (Å²) in [5.41, 5.74) is 2.98. The molecule has 2 aromatic carbocycles. The first-order valence-electron chi connectivity index (χ1n) is 10.4. The molecule has 0 bridgehead atoms. The van der Waals surface area contributed by atoms with Gasteiger partial charge >= 0.3 is 5.63 Å². The van der Waals surface area contributed by atoms with Gasteiger partial charge in [-0.1, -0.05) is 18.2 Å². The molecule has 0 radical (unpaired) electrons. The van der Waals surface area contributed by atoms with Gasteiger partial charge in [0.15, 0.2) is 11.3 Å². The van der Waals surface area contributed by atoms with Crippen molar-refractivity contribution in [1.82, 2.24) is 10.3 Å². The van der Waals surface area contributed by atoms with Crippen molar-refractivity contribution in [1.29, 1.82) is 0 Å². The van der Waals surface area contributed by atoms with E-state index in [0.29, 0.717) is 40.0 Å². The fourth-order valence-corrected chi connectivity index (χ4v) is 4.14. The van der Waals surface area contributed by atoms with Crippen LogP contribution in [0.4, 0.5) is 0 Å². The molecule has 0 saturated carbocycles. The molecule has 166 valence electrons. The number of methoxy groups -OCH3 is 2. The lowest BCUT2D eigenvalue weighted by Crippen LogP contribution is -2.36. The smallest absolute Gasteiger partial charge is 0.340 e. The van der Waals surface area contributed by atoms with Gasteiger partial charge in [-0.3, -0.25) is 4.79 Å². The molecule has 7 nitrogen and oxygen atoms in total. The van der Waals surface area contributed by atoms with Gasteiger partial charge in [-0.2, -0.15) is 0 Å². The molecular weight excluding hydrogens is 408 g/mol. The van der Waals surface area contributed by atoms with Crippen molar-refractivity contribution in [3.05, 3.63) is 69.7 Å². The number of aromatic nitrogens is 1. The summed E-state index contributed by atoms with van der Waals surface area (Å²) < 4.78 is 16.2. The van der Waals surface area contributed by atoms with Crippen LogP contribution in [0, 0.1) is 6.92 Å². The molecule has 1 atom stereocenters. The number of amides is 1. The van der Waals surface area contributed by atoms with Crippen LogP contribution in [-0.2, 0) is 17.6 Å². The summed E-state index contributed by atoms with van der Waals surface area (Å²) in [5, 5.41) is 4.84. The highest BCUT2D eigenvalue weighted by molar-refractivity contribution is 5.90. The van der Waals surface area contributed by atoms with E-state index < -0.39 is 5.63 Å². The number of carbonyl (C=O) groups excluding carboxylic acids is 1. The Hall–Kier alpha value is -3.74. The van der Waals surface area contributed by atoms with Crippen molar-refractivity contribution in [2.24, 2.45) is 0 Å². The molecule has 0 aliphatic rings. The van der Waals surface area contributed by atoms with Gasteiger partial charge in [0.25, 0.3) is 0 Å². The number of hydrogen-bond donors (Lipinski definition) is 2. The molecule has 7 heteroatoms. The van der Waals surface area contributed by atoms with Crippen LogP contribution in [-0.4, -0.2) is 31.2 Å². The largest absolute Gasteiger partial charge is 0.493 e. The Kier molecular flexibility index (Phi) is 5.90. The molecule has 32 heavy (non-hydrogen) atoms. The third-order valence-electron chi connectivity index (χ3n) is 5.74. The van der Waals surface area contributed by atoms with Crippen molar-refractivity contribution in [3.8, 4) is 11.5 Å². The van der Waals surface area contributed by atoms with E-state index in [9.17, 15) is 9.59 Å². The Morgan fingerprint density at radius 1 is 1.12 bits per heavy atom. The highest BCUT2D eigenvalue weighted by Gasteiger charge is 2.20. The number of para-hydroxylation sites is 1. The maximum atomic E-state index is 12.7. The number of ether oxygens (including phenoxy) is 2. The van der Waals surface area contributed by atoms with Gasteiger partial charge in [0.05, 0.1) is 26.2 Å². The molecular formula is C25H26N2O5. The van der Waals surface area contributed by atoms with Gasteiger partial charge in [0.1, 0.15) is 0 Å². The summed E-state index contributed by atoms with van der Waals surface area (Å²) >= 11 is 0. The highest BCUT2D eigenvalue weighted by Crippen LogP contribution is 2.36. The number of carbonyl (C=O) groups is 1. The molecule has 4 rings (SSSR count). The van der Waals surface area contributed by atoms with Gasteiger partial charge < -0.3 is 24.2 Å². The standard InChI is InChI=1S/C25H26N2O5/c1-14(11-16-13-26-20-8-6-5-7-18(16)20)27-22(28)12-19-15(2)17-9-10-21(30-3)24(31-4)23(17)32-25(19)29/h5-10,13-14,26H,11-12H2,1-4H3,(H,27,28)/t14-/m0/s1. The summed E-state index contributed by atoms with van der Waals surface area (Å²) in [6.45, 7) is 3.76. The van der Waals surface area contributed by atoms with Crippen LogP contribution in [0.3, 0.4) is 0 Å². The lowest BCUT2D eigenvalue weighted by Gasteiger charge is -2.15. The fraction of sp³-hybridized carbons (Fsp3) is 0.280. The molecule has 2 heterocycles. The summed E-state index contributed by atoms with van der Waals surface area (Å²) in [6, 6.07) is 11.5. The molecule has 0 unspecified atom stereocenters. The molecule has 0 spiro atoms. The van der Waals surface area contributed by atoms with Crippen LogP contribution in [0.25, 0.3) is 21.9 Å². The maximum absolute atomic E-state index is 12.7. The van der Waals surface area contributed by atoms with E-state index in [2.05, 4.69) is 16.4 Å². The minimum atomic E-state index is -0.555. The third kappa shape index (κ3) is 3.93. The number of benzene rings is 2. The zero-order valence-corrected chi connectivity index (χ0v) is 18.6. The van der Waals surface area contributed by atoms with E-state index >= 15 is 0 Å². The number of fused-ring (bicyclic) bond motifs is 2. The van der Waals surface area contributed by atoms with Gasteiger partial charge in [0, 0.05) is 28.5 Å². The average Bonchev–Trinajstić information content (AvgIpc) is 3.18. The zero-order chi connectivity index (χ0) is 22.8. The van der Waals surface area contributed by atoms with Gasteiger partial charge in [0.2, 0.25) is 11.7 Å². The molecule has 2 N–H and O–H groups in total. The molecule has 0 aliphatic carbocycles. The second kappa shape index (κ2) is 8.78. The van der Waals surface area contributed by atoms with Crippen molar-refractivity contribution >= 4 is 27.8 Å². The average molecular weight is 434 g/mol. The maximum Gasteiger partial charge on any atom is 0.340 e. The van der Waals surface area contributed by atoms with Crippen molar-refractivity contribution < 1.29 is 18.7 Å². The van der Waals surface area contributed by atoms with E-state index in [1.54, 1.807) is 12.1 Å². The van der Waals surface area contributed by atoms with E-state index in [0.717, 1.165) is 16.5 Å². The van der Waals surface area contributed by atoms with Crippen molar-refractivity contribution in [2.45, 2.75) is 32.7 Å². The molecule has 0 saturated heterocycles. The third-order valence-corrected chi connectivity index (χ3v) is 5.74. The van der Waals surface area contributed by atoms with Crippen LogP contribution in [0.1, 0.15) is 23.6 Å². The van der Waals surface area contributed by atoms with Gasteiger partial charge in [-0.05, 0) is 49.6 Å². The predicted molar refractivity (Wildman–Crippen MR) is 124 cm³/mol. The number of nitrogens with one attached hydrogen (secondary N) is 2. The minimum Gasteiger partial charge on any atom is -0.493 e. The summed E-state index contributed by atoms with van der Waals surface area (Å²) in [4.78, 5) is 28.7. The number of H-pyrrole nitrogens is 1. The van der Waals surface area contributed by atoms with E-state index in [4.69, 9.17) is 13.9 Å². The lowest BCUT2D eigenvalue weighted by molar-refractivity contribution is -0.121. The minimum absolute atomic E-state index is 0.0589. The summed E-state index contributed by atoms with van der Waals surface area (Å²) in [6.07, 6.45) is 2.59. The van der Waals surface area contributed by atoms with Gasteiger partial charge in [-0.15, -0.1) is 0 Å². The first-order valence-corrected chi connectivity index (χ1v) is 10.4. The van der Waals surface area contributed by atoms with Gasteiger partial charge in [-0.25, -0.2) is 4.79 Å². The SMILES string of the molecule is COc1ccc2c(C)c(CC(=O)N[C@@H](C)Cc3c[nH]c4ccccc34)c(=O)oc2c1OC. The number of aromatic amines is 1. The Balaban J connectivity index is 1.53. The van der Waals surface area contributed by atoms with Crippen LogP contribution >= 0.6 is 0 Å². The number of hydrogen-bond acceptors (Lipinski definition) is 5. The van der Waals surface area contributed by atoms with E-state index in [-0.39, 0.29) is 18.4 Å². The topological polar surface area (TPSA) is 93.6 Å². The molecule has 2 aromatic heterocycles. The number of aryl methyl sites for hydroxylation is 1. The van der Waals surface area contributed by atoms with Crippen LogP contribution in [0.5, 0.6) is 11.5 Å². The normalized spacial score (nSPS) is 12.1. The highest BCUT2D eigenvalue weighted by atomic mass is 16.5. The molecule has 0 aliphatic heterocycles. The monoisotopic (exact) mass is 434 g/mol. The first kappa shape index (κ1) is 21.5. The summed E-state index contributed by atoms with van der Waals surface area (Å²) in [5.74, 6) is 0.597. The fourth-order valence-electron chi connectivity index (χ4n) is 4.14. The van der Waals surface area contributed by atoms with Crippen molar-refractivity contribution in [2.75, 3.05) is 14.2 Å². The van der Waals surface area contributed by atoms with Crippen LogP contribution < -0.4 is 20.4 Å². The summed E-state index contributed by atoms with van der Waals surface area (Å²) in [7, 11) is 3.01. The quantitative estimate of drug-likeness (QED) is 0.431. The van der Waals surface area contributed by atoms with Crippen LogP contribution in [0.15, 0.2) is 51.8 Å². The second-order valence-corrected chi connectivity index (χ2v) is 7.88. The van der Waals surface area contributed by atoms with E-state index in [1.807, 2.05) is 38.2 Å². The Bertz CT molecular complexity index is 1350. The number of rotatable bonds is 7. The molecule has 1 amide bonds. The Morgan fingerprint density at radius 2 is 1.91 bits per heavy atom. The molecule has 0 fully saturated rings. The Morgan fingerprint density at radius 3 is 2.66 bits per heavy atom.